The minimum atomic E-state index is 0. The summed E-state index contributed by atoms with van der Waals surface area (Å²) in [7, 11) is 0. The van der Waals surface area contributed by atoms with Crippen molar-refractivity contribution in [3.8, 4) is 0 Å². The minimum Gasteiger partial charge on any atom is -0.369 e. The Labute approximate surface area is 77.2 Å². The van der Waals surface area contributed by atoms with Gasteiger partial charge in [-0.3, -0.25) is 0 Å². The van der Waals surface area contributed by atoms with Crippen molar-refractivity contribution in [2.45, 2.75) is 19.4 Å². The first-order valence-electron chi connectivity index (χ1n) is 3.55. The number of rotatable bonds is 4. The fraction of sp³-hybridized carbons (Fsp3) is 0.429. The lowest BCUT2D eigenvalue weighted by Crippen LogP contribution is -2.02. The molecule has 12 heavy (non-hydrogen) atoms. The first-order valence-corrected chi connectivity index (χ1v) is 3.55. The molecule has 0 saturated heterocycles. The molecule has 0 atom stereocenters. The Morgan fingerprint density at radius 1 is 1.67 bits per heavy atom. The van der Waals surface area contributed by atoms with E-state index in [1.807, 2.05) is 4.57 Å². The van der Waals surface area contributed by atoms with E-state index in [-0.39, 0.29) is 12.4 Å². The van der Waals surface area contributed by atoms with Gasteiger partial charge in [0, 0.05) is 25.4 Å². The topological polar surface area (TPSA) is 60.9 Å². The average Bonchev–Trinajstić information content (AvgIpc) is 2.37. The minimum absolute atomic E-state index is 0. The van der Waals surface area contributed by atoms with E-state index in [0.717, 1.165) is 19.3 Å². The van der Waals surface area contributed by atoms with Crippen molar-refractivity contribution in [3.63, 3.8) is 0 Å². The molecule has 1 rings (SSSR count). The molecule has 0 spiro atoms. The van der Waals surface area contributed by atoms with Gasteiger partial charge in [0.05, 0.1) is 0 Å². The van der Waals surface area contributed by atoms with Crippen molar-refractivity contribution >= 4 is 24.6 Å². The summed E-state index contributed by atoms with van der Waals surface area (Å²) in [6.07, 6.45) is 5.77. The molecule has 1 aromatic rings. The lowest BCUT2D eigenvalue weighted by atomic mass is 10.3. The van der Waals surface area contributed by atoms with E-state index < -0.39 is 0 Å². The van der Waals surface area contributed by atoms with E-state index in [4.69, 9.17) is 5.73 Å². The lowest BCUT2D eigenvalue weighted by molar-refractivity contribution is -0.107. The molecule has 0 bridgehead atoms. The van der Waals surface area contributed by atoms with Gasteiger partial charge in [-0.05, 0) is 6.42 Å². The van der Waals surface area contributed by atoms with Crippen LogP contribution in [0.25, 0.3) is 0 Å². The number of halogens is 1. The number of hydrogen-bond acceptors (Lipinski definition) is 3. The third kappa shape index (κ3) is 2.92. The molecular weight excluding hydrogens is 178 g/mol. The number of imidazole rings is 1. The van der Waals surface area contributed by atoms with Gasteiger partial charge in [0.2, 0.25) is 0 Å². The predicted octanol–water partition coefficient (Wildman–Crippen LogP) is 0.866. The zero-order valence-electron chi connectivity index (χ0n) is 6.64. The number of nitrogen functional groups attached to an aromatic ring is 1. The van der Waals surface area contributed by atoms with Gasteiger partial charge in [-0.2, -0.15) is 0 Å². The largest absolute Gasteiger partial charge is 0.369 e. The fourth-order valence-corrected chi connectivity index (χ4v) is 0.875. The second kappa shape index (κ2) is 5.60. The van der Waals surface area contributed by atoms with Crippen molar-refractivity contribution in [2.24, 2.45) is 0 Å². The maximum atomic E-state index is 9.96. The monoisotopic (exact) mass is 189 g/mol. The number of anilines is 1. The Morgan fingerprint density at radius 2 is 2.42 bits per heavy atom. The second-order valence-electron chi connectivity index (χ2n) is 2.29. The van der Waals surface area contributed by atoms with Crippen LogP contribution >= 0.6 is 12.4 Å². The number of aryl methyl sites for hydroxylation is 1. The summed E-state index contributed by atoms with van der Waals surface area (Å²) in [5.41, 5.74) is 5.49. The molecule has 0 aromatic carbocycles. The highest BCUT2D eigenvalue weighted by Crippen LogP contribution is 2.00. The summed E-state index contributed by atoms with van der Waals surface area (Å²) in [6, 6.07) is 0. The van der Waals surface area contributed by atoms with E-state index in [2.05, 4.69) is 4.98 Å². The summed E-state index contributed by atoms with van der Waals surface area (Å²) >= 11 is 0. The molecule has 5 heteroatoms. The third-order valence-corrected chi connectivity index (χ3v) is 1.47. The molecule has 0 saturated carbocycles. The van der Waals surface area contributed by atoms with Crippen LogP contribution in [0.1, 0.15) is 12.8 Å². The van der Waals surface area contributed by atoms with Gasteiger partial charge in [-0.25, -0.2) is 4.98 Å². The summed E-state index contributed by atoms with van der Waals surface area (Å²) in [6.45, 7) is 0.768. The van der Waals surface area contributed by atoms with Crippen molar-refractivity contribution < 1.29 is 4.79 Å². The van der Waals surface area contributed by atoms with Gasteiger partial charge < -0.3 is 15.1 Å². The Kier molecular flexibility index (Phi) is 5.12. The van der Waals surface area contributed by atoms with Crippen molar-refractivity contribution in [2.75, 3.05) is 5.73 Å². The first-order chi connectivity index (χ1) is 5.34. The lowest BCUT2D eigenvalue weighted by Gasteiger charge is -2.00. The third-order valence-electron chi connectivity index (χ3n) is 1.47. The molecule has 0 unspecified atom stereocenters. The summed E-state index contributed by atoms with van der Waals surface area (Å²) in [5.74, 6) is 0.510. The highest BCUT2D eigenvalue weighted by Gasteiger charge is 1.95. The normalized spacial score (nSPS) is 9.00. The maximum Gasteiger partial charge on any atom is 0.200 e. The van der Waals surface area contributed by atoms with Crippen LogP contribution in [0.4, 0.5) is 5.95 Å². The van der Waals surface area contributed by atoms with Gasteiger partial charge in [-0.1, -0.05) is 0 Å². The number of hydrogen-bond donors (Lipinski definition) is 1. The van der Waals surface area contributed by atoms with Gasteiger partial charge in [0.25, 0.3) is 0 Å². The number of aldehydes is 1. The van der Waals surface area contributed by atoms with Gasteiger partial charge >= 0.3 is 0 Å². The Morgan fingerprint density at radius 3 is 2.92 bits per heavy atom. The van der Waals surface area contributed by atoms with Crippen LogP contribution in [0.2, 0.25) is 0 Å². The quantitative estimate of drug-likeness (QED) is 0.565. The van der Waals surface area contributed by atoms with Gasteiger partial charge in [-0.15, -0.1) is 12.4 Å². The SMILES string of the molecule is Cl.Nc1nccn1CCCC=O. The van der Waals surface area contributed by atoms with Crippen LogP contribution in [-0.2, 0) is 11.3 Å². The smallest absolute Gasteiger partial charge is 0.200 e. The Balaban J connectivity index is 0.00000121. The Bertz CT molecular complexity index is 236. The molecule has 68 valence electrons. The maximum absolute atomic E-state index is 9.96. The molecule has 1 aromatic heterocycles. The van der Waals surface area contributed by atoms with Crippen LogP contribution in [-0.4, -0.2) is 15.8 Å². The second-order valence-corrected chi connectivity index (χ2v) is 2.29. The van der Waals surface area contributed by atoms with Crippen molar-refractivity contribution in [3.05, 3.63) is 12.4 Å². The average molecular weight is 190 g/mol. The number of nitrogens with two attached hydrogens (primary N) is 1. The molecule has 0 amide bonds. The standard InChI is InChI=1S/C7H11N3O.ClH/c8-7-9-3-5-10(7)4-1-2-6-11;/h3,5-6H,1-2,4H2,(H2,8,9);1H. The highest BCUT2D eigenvalue weighted by atomic mass is 35.5. The summed E-state index contributed by atoms with van der Waals surface area (Å²) in [5, 5.41) is 0. The van der Waals surface area contributed by atoms with E-state index >= 15 is 0 Å². The first kappa shape index (κ1) is 11.0. The zero-order valence-corrected chi connectivity index (χ0v) is 7.46. The van der Waals surface area contributed by atoms with E-state index in [1.165, 1.54) is 0 Å². The molecule has 0 radical (unpaired) electrons. The van der Waals surface area contributed by atoms with Crippen LogP contribution in [0.5, 0.6) is 0 Å². The van der Waals surface area contributed by atoms with Crippen LogP contribution in [0, 0.1) is 0 Å². The summed E-state index contributed by atoms with van der Waals surface area (Å²) < 4.78 is 1.82. The van der Waals surface area contributed by atoms with E-state index in [1.54, 1.807) is 12.4 Å². The zero-order chi connectivity index (χ0) is 8.10. The molecule has 0 fully saturated rings. The van der Waals surface area contributed by atoms with Gasteiger partial charge in [0.15, 0.2) is 5.95 Å². The molecular formula is C7H12ClN3O. The molecule has 0 aliphatic heterocycles. The molecule has 0 aliphatic carbocycles. The van der Waals surface area contributed by atoms with Crippen molar-refractivity contribution in [1.29, 1.82) is 0 Å². The summed E-state index contributed by atoms with van der Waals surface area (Å²) in [4.78, 5) is 13.8. The predicted molar refractivity (Wildman–Crippen MR) is 49.2 cm³/mol. The van der Waals surface area contributed by atoms with E-state index in [9.17, 15) is 4.79 Å². The van der Waals surface area contributed by atoms with E-state index in [0.29, 0.717) is 12.4 Å². The molecule has 4 nitrogen and oxygen atoms in total. The van der Waals surface area contributed by atoms with Crippen LogP contribution in [0.15, 0.2) is 12.4 Å². The van der Waals surface area contributed by atoms with Gasteiger partial charge in [0.1, 0.15) is 6.29 Å². The Hall–Kier alpha value is -1.03. The van der Waals surface area contributed by atoms with Crippen LogP contribution < -0.4 is 5.73 Å². The number of carbonyl (C=O) groups excluding carboxylic acids is 1. The molecule has 2 N–H and O–H groups in total. The van der Waals surface area contributed by atoms with Crippen molar-refractivity contribution in [1.82, 2.24) is 9.55 Å². The highest BCUT2D eigenvalue weighted by molar-refractivity contribution is 5.85. The molecule has 0 aliphatic rings. The fourth-order valence-electron chi connectivity index (χ4n) is 0.875. The number of carbonyl (C=O) groups is 1. The number of aromatic nitrogens is 2. The van der Waals surface area contributed by atoms with Crippen LogP contribution in [0.3, 0.4) is 0 Å². The molecule has 1 heterocycles. The number of nitrogens with zero attached hydrogens (tertiary/aromatic N) is 2. The number of unbranched alkanes of at least 4 members (excludes halogenated alkanes) is 1.